The first kappa shape index (κ1) is 21.4. The fraction of sp³-hybridized carbons (Fsp3) is 0.455. The van der Waals surface area contributed by atoms with E-state index in [0.29, 0.717) is 32.6 Å². The summed E-state index contributed by atoms with van der Waals surface area (Å²) in [4.78, 5) is 21.2. The molecule has 1 amide bonds. The molecule has 2 aliphatic heterocycles. The van der Waals surface area contributed by atoms with Crippen LogP contribution in [0.3, 0.4) is 0 Å². The molecular formula is C22H28N4O4S. The quantitative estimate of drug-likeness (QED) is 0.722. The lowest BCUT2D eigenvalue weighted by Gasteiger charge is -2.29. The fourth-order valence-electron chi connectivity index (χ4n) is 4.09. The van der Waals surface area contributed by atoms with Gasteiger partial charge in [0, 0.05) is 49.7 Å². The number of sulfone groups is 1. The molecule has 2 aromatic rings. The van der Waals surface area contributed by atoms with Gasteiger partial charge in [-0.3, -0.25) is 4.79 Å². The molecule has 166 valence electrons. The molecule has 4 rings (SSSR count). The molecule has 0 unspecified atom stereocenters. The Bertz CT molecular complexity index is 1040. The van der Waals surface area contributed by atoms with Gasteiger partial charge in [-0.25, -0.2) is 13.4 Å². The number of carbonyl (C=O) groups excluding carboxylic acids is 1. The van der Waals surface area contributed by atoms with Crippen molar-refractivity contribution in [2.75, 3.05) is 47.9 Å². The van der Waals surface area contributed by atoms with Crippen molar-refractivity contribution in [1.29, 1.82) is 0 Å². The van der Waals surface area contributed by atoms with Gasteiger partial charge in [-0.05, 0) is 37.1 Å². The van der Waals surface area contributed by atoms with Crippen LogP contribution in [0.2, 0.25) is 0 Å². The predicted octanol–water partition coefficient (Wildman–Crippen LogP) is 1.59. The molecule has 31 heavy (non-hydrogen) atoms. The second-order valence-electron chi connectivity index (χ2n) is 8.30. The van der Waals surface area contributed by atoms with Crippen LogP contribution in [0, 0.1) is 6.92 Å². The molecular weight excluding hydrogens is 416 g/mol. The van der Waals surface area contributed by atoms with Gasteiger partial charge in [-0.1, -0.05) is 12.1 Å². The second kappa shape index (κ2) is 8.74. The lowest BCUT2D eigenvalue weighted by molar-refractivity contribution is -0.129. The molecule has 3 heterocycles. The highest BCUT2D eigenvalue weighted by molar-refractivity contribution is 7.91. The maximum atomic E-state index is 12.6. The van der Waals surface area contributed by atoms with Gasteiger partial charge in [-0.15, -0.1) is 0 Å². The van der Waals surface area contributed by atoms with Crippen LogP contribution in [0.1, 0.15) is 17.7 Å². The zero-order valence-corrected chi connectivity index (χ0v) is 18.4. The van der Waals surface area contributed by atoms with Crippen molar-refractivity contribution in [2.45, 2.75) is 25.8 Å². The van der Waals surface area contributed by atoms with Crippen molar-refractivity contribution in [3.8, 4) is 5.75 Å². The summed E-state index contributed by atoms with van der Waals surface area (Å²) in [5, 5.41) is 12.8. The van der Waals surface area contributed by atoms with Crippen molar-refractivity contribution >= 4 is 27.2 Å². The summed E-state index contributed by atoms with van der Waals surface area (Å²) in [5.74, 6) is 1.37. The molecule has 0 aliphatic carbocycles. The van der Waals surface area contributed by atoms with E-state index in [0.717, 1.165) is 29.2 Å². The molecule has 0 bridgehead atoms. The van der Waals surface area contributed by atoms with Crippen molar-refractivity contribution in [1.82, 2.24) is 9.88 Å². The lowest BCUT2D eigenvalue weighted by Crippen LogP contribution is -2.40. The van der Waals surface area contributed by atoms with E-state index < -0.39 is 9.84 Å². The highest BCUT2D eigenvalue weighted by Gasteiger charge is 2.27. The average Bonchev–Trinajstić information content (AvgIpc) is 3.18. The number of carbonyl (C=O) groups is 1. The summed E-state index contributed by atoms with van der Waals surface area (Å²) in [6, 6.07) is 10.8. The first-order chi connectivity index (χ1) is 14.8. The summed E-state index contributed by atoms with van der Waals surface area (Å²) in [6.45, 7) is 4.22. The number of phenols is 1. The van der Waals surface area contributed by atoms with Crippen molar-refractivity contribution in [3.63, 3.8) is 0 Å². The Balaban J connectivity index is 1.36. The zero-order chi connectivity index (χ0) is 22.0. The Morgan fingerprint density at radius 2 is 1.87 bits per heavy atom. The number of aryl methyl sites for hydroxylation is 1. The van der Waals surface area contributed by atoms with Crippen LogP contribution in [0.4, 0.5) is 11.5 Å². The molecule has 1 atom stereocenters. The van der Waals surface area contributed by atoms with E-state index in [1.54, 1.807) is 24.3 Å². The third-order valence-electron chi connectivity index (χ3n) is 5.83. The summed E-state index contributed by atoms with van der Waals surface area (Å²) in [7, 11) is -2.92. The van der Waals surface area contributed by atoms with E-state index >= 15 is 0 Å². The highest BCUT2D eigenvalue weighted by atomic mass is 32.2. The number of aromatic hydroxyl groups is 1. The zero-order valence-electron chi connectivity index (χ0n) is 17.6. The SMILES string of the molecule is Cc1cc(N2CCS(=O)(=O)CC2)cc(N[C@H]2CCN(C(=O)Cc3ccc(O)cc3)C2)n1. The minimum absolute atomic E-state index is 0.0717. The average molecular weight is 445 g/mol. The highest BCUT2D eigenvalue weighted by Crippen LogP contribution is 2.24. The first-order valence-corrected chi connectivity index (χ1v) is 12.4. The molecule has 2 N–H and O–H groups in total. The van der Waals surface area contributed by atoms with E-state index in [2.05, 4.69) is 15.2 Å². The van der Waals surface area contributed by atoms with Crippen molar-refractivity contribution in [3.05, 3.63) is 47.7 Å². The molecule has 1 aromatic heterocycles. The Hall–Kier alpha value is -2.81. The largest absolute Gasteiger partial charge is 0.508 e. The maximum Gasteiger partial charge on any atom is 0.227 e. The van der Waals surface area contributed by atoms with Gasteiger partial charge >= 0.3 is 0 Å². The Morgan fingerprint density at radius 3 is 2.58 bits per heavy atom. The van der Waals surface area contributed by atoms with Crippen LogP contribution in [0.5, 0.6) is 5.75 Å². The van der Waals surface area contributed by atoms with E-state index in [9.17, 15) is 18.3 Å². The van der Waals surface area contributed by atoms with Crippen LogP contribution < -0.4 is 10.2 Å². The van der Waals surface area contributed by atoms with E-state index in [4.69, 9.17) is 0 Å². The van der Waals surface area contributed by atoms with Gasteiger partial charge in [0.15, 0.2) is 9.84 Å². The number of phenolic OH excluding ortho intramolecular Hbond substituents is 1. The Labute approximate surface area is 182 Å². The first-order valence-electron chi connectivity index (χ1n) is 10.5. The van der Waals surface area contributed by atoms with E-state index in [1.165, 1.54) is 0 Å². The molecule has 0 spiro atoms. The monoisotopic (exact) mass is 444 g/mol. The second-order valence-corrected chi connectivity index (χ2v) is 10.6. The van der Waals surface area contributed by atoms with Crippen LogP contribution in [-0.4, -0.2) is 73.0 Å². The number of rotatable bonds is 5. The van der Waals surface area contributed by atoms with Crippen molar-refractivity contribution in [2.24, 2.45) is 0 Å². The molecule has 1 aromatic carbocycles. The van der Waals surface area contributed by atoms with Gasteiger partial charge in [0.05, 0.1) is 17.9 Å². The number of nitrogens with zero attached hydrogens (tertiary/aromatic N) is 3. The van der Waals surface area contributed by atoms with Crippen LogP contribution in [0.25, 0.3) is 0 Å². The number of nitrogens with one attached hydrogen (secondary N) is 1. The molecule has 8 nitrogen and oxygen atoms in total. The van der Waals surface area contributed by atoms with E-state index in [1.807, 2.05) is 24.0 Å². The molecule has 2 fully saturated rings. The predicted molar refractivity (Wildman–Crippen MR) is 120 cm³/mol. The number of hydrogen-bond acceptors (Lipinski definition) is 7. The molecule has 0 saturated carbocycles. The summed E-state index contributed by atoms with van der Waals surface area (Å²) >= 11 is 0. The summed E-state index contributed by atoms with van der Waals surface area (Å²) in [5.41, 5.74) is 2.72. The van der Waals surface area contributed by atoms with Crippen molar-refractivity contribution < 1.29 is 18.3 Å². The molecule has 2 aliphatic rings. The third-order valence-corrected chi connectivity index (χ3v) is 7.44. The summed E-state index contributed by atoms with van der Waals surface area (Å²) in [6.07, 6.45) is 1.16. The third kappa shape index (κ3) is 5.46. The number of aromatic nitrogens is 1. The van der Waals surface area contributed by atoms with Gasteiger partial charge in [0.2, 0.25) is 5.91 Å². The van der Waals surface area contributed by atoms with Crippen LogP contribution in [-0.2, 0) is 21.1 Å². The molecule has 2 saturated heterocycles. The van der Waals surface area contributed by atoms with Crippen LogP contribution in [0.15, 0.2) is 36.4 Å². The lowest BCUT2D eigenvalue weighted by atomic mass is 10.1. The number of anilines is 2. The minimum atomic E-state index is -2.92. The Morgan fingerprint density at radius 1 is 1.16 bits per heavy atom. The number of benzene rings is 1. The number of likely N-dealkylation sites (tertiary alicyclic amines) is 1. The number of hydrogen-bond donors (Lipinski definition) is 2. The van der Waals surface area contributed by atoms with Gasteiger partial charge < -0.3 is 20.2 Å². The normalized spacial score (nSPS) is 20.6. The van der Waals surface area contributed by atoms with E-state index in [-0.39, 0.29) is 29.2 Å². The van der Waals surface area contributed by atoms with Gasteiger partial charge in [-0.2, -0.15) is 0 Å². The maximum absolute atomic E-state index is 12.6. The minimum Gasteiger partial charge on any atom is -0.508 e. The standard InChI is InChI=1S/C22H28N4O4S/c1-16-12-19(25-8-10-31(29,30)11-9-25)14-21(23-16)24-18-6-7-26(15-18)22(28)13-17-2-4-20(27)5-3-17/h2-5,12,14,18,27H,6-11,13,15H2,1H3,(H,23,24)/t18-/m0/s1. The molecule has 0 radical (unpaired) electrons. The topological polar surface area (TPSA) is 103 Å². The number of amides is 1. The summed E-state index contributed by atoms with van der Waals surface area (Å²) < 4.78 is 23.4. The number of pyridine rings is 1. The van der Waals surface area contributed by atoms with Gasteiger partial charge in [0.25, 0.3) is 0 Å². The Kier molecular flexibility index (Phi) is 6.04. The smallest absolute Gasteiger partial charge is 0.227 e. The van der Waals surface area contributed by atoms with Crippen LogP contribution >= 0.6 is 0 Å². The van der Waals surface area contributed by atoms with Gasteiger partial charge in [0.1, 0.15) is 11.6 Å². The molecule has 9 heteroatoms. The fourth-order valence-corrected chi connectivity index (χ4v) is 5.29.